The second-order valence-electron chi connectivity index (χ2n) is 3.50. The number of halogens is 1. The molecule has 1 aromatic carbocycles. The maximum atomic E-state index is 9.69. The zero-order valence-corrected chi connectivity index (χ0v) is 10.7. The maximum Gasteiger partial charge on any atom is 0.172 e. The number of ether oxygens (including phenoxy) is 1. The van der Waals surface area contributed by atoms with Gasteiger partial charge in [0.25, 0.3) is 0 Å². The Hall–Kier alpha value is -0.780. The zero-order valence-electron chi connectivity index (χ0n) is 9.11. The van der Waals surface area contributed by atoms with E-state index in [9.17, 15) is 5.11 Å². The second-order valence-corrected chi connectivity index (χ2v) is 4.36. The highest BCUT2D eigenvalue weighted by atomic mass is 79.9. The van der Waals surface area contributed by atoms with Gasteiger partial charge in [0.15, 0.2) is 11.5 Å². The summed E-state index contributed by atoms with van der Waals surface area (Å²) in [5, 5.41) is 18.6. The molecule has 4 N–H and O–H groups in total. The number of phenols is 1. The van der Waals surface area contributed by atoms with E-state index in [1.807, 2.05) is 6.92 Å². The van der Waals surface area contributed by atoms with Crippen molar-refractivity contribution < 1.29 is 14.9 Å². The summed E-state index contributed by atoms with van der Waals surface area (Å²) in [6, 6.07) is 3.21. The summed E-state index contributed by atoms with van der Waals surface area (Å²) in [4.78, 5) is 0. The monoisotopic (exact) mass is 289 g/mol. The Balaban J connectivity index is 2.94. The summed E-state index contributed by atoms with van der Waals surface area (Å²) in [6.07, 6.45) is 0.537. The van der Waals surface area contributed by atoms with Gasteiger partial charge in [0, 0.05) is 6.04 Å². The number of rotatable bonds is 5. The number of benzene rings is 1. The lowest BCUT2D eigenvalue weighted by molar-refractivity contribution is 0.265. The maximum absolute atomic E-state index is 9.69. The highest BCUT2D eigenvalue weighted by Crippen LogP contribution is 2.35. The summed E-state index contributed by atoms with van der Waals surface area (Å²) >= 11 is 3.25. The molecule has 0 aliphatic rings. The quantitative estimate of drug-likeness (QED) is 0.766. The van der Waals surface area contributed by atoms with Crippen LogP contribution in [0.3, 0.4) is 0 Å². The van der Waals surface area contributed by atoms with Gasteiger partial charge in [0.2, 0.25) is 0 Å². The smallest absolute Gasteiger partial charge is 0.172 e. The Kier molecular flexibility index (Phi) is 5.05. The van der Waals surface area contributed by atoms with Crippen molar-refractivity contribution in [2.45, 2.75) is 19.4 Å². The SMILES string of the molecule is CCOc1cc(CC(N)CO)cc(Br)c1O. The first kappa shape index (κ1) is 13.3. The molecule has 1 unspecified atom stereocenters. The van der Waals surface area contributed by atoms with Gasteiger partial charge >= 0.3 is 0 Å². The average Bonchev–Trinajstić information content (AvgIpc) is 2.25. The van der Waals surface area contributed by atoms with Crippen LogP contribution in [0.1, 0.15) is 12.5 Å². The highest BCUT2D eigenvalue weighted by Gasteiger charge is 2.11. The summed E-state index contributed by atoms with van der Waals surface area (Å²) in [7, 11) is 0. The Morgan fingerprint density at radius 2 is 2.19 bits per heavy atom. The van der Waals surface area contributed by atoms with E-state index in [1.165, 1.54) is 0 Å². The van der Waals surface area contributed by atoms with Crippen LogP contribution in [0.4, 0.5) is 0 Å². The van der Waals surface area contributed by atoms with Gasteiger partial charge in [-0.05, 0) is 47.0 Å². The fourth-order valence-corrected chi connectivity index (χ4v) is 1.87. The molecule has 0 saturated heterocycles. The predicted molar refractivity (Wildman–Crippen MR) is 65.7 cm³/mol. The fourth-order valence-electron chi connectivity index (χ4n) is 1.38. The Morgan fingerprint density at radius 3 is 2.75 bits per heavy atom. The Morgan fingerprint density at radius 1 is 1.50 bits per heavy atom. The molecule has 1 atom stereocenters. The van der Waals surface area contributed by atoms with Crippen LogP contribution in [0, 0.1) is 0 Å². The first-order chi connectivity index (χ1) is 7.58. The molecular formula is C11H16BrNO3. The number of phenolic OH excluding ortho intramolecular Hbond substituents is 1. The van der Waals surface area contributed by atoms with Crippen LogP contribution in [0.2, 0.25) is 0 Å². The van der Waals surface area contributed by atoms with E-state index in [-0.39, 0.29) is 18.4 Å². The van der Waals surface area contributed by atoms with E-state index in [0.29, 0.717) is 23.2 Å². The zero-order chi connectivity index (χ0) is 12.1. The minimum Gasteiger partial charge on any atom is -0.503 e. The minimum atomic E-state index is -0.300. The van der Waals surface area contributed by atoms with Gasteiger partial charge in [-0.15, -0.1) is 0 Å². The molecule has 0 saturated carbocycles. The molecule has 0 bridgehead atoms. The van der Waals surface area contributed by atoms with Crippen LogP contribution < -0.4 is 10.5 Å². The fraction of sp³-hybridized carbons (Fsp3) is 0.455. The van der Waals surface area contributed by atoms with Gasteiger partial charge in [-0.25, -0.2) is 0 Å². The Labute approximate surface area is 103 Å². The van der Waals surface area contributed by atoms with Crippen LogP contribution in [-0.4, -0.2) is 29.5 Å². The van der Waals surface area contributed by atoms with E-state index in [2.05, 4.69) is 15.9 Å². The van der Waals surface area contributed by atoms with Gasteiger partial charge in [0.1, 0.15) is 0 Å². The number of hydrogen-bond acceptors (Lipinski definition) is 4. The standard InChI is InChI=1S/C11H16BrNO3/c1-2-16-10-5-7(3-8(13)6-14)4-9(12)11(10)15/h4-5,8,14-15H,2-3,6,13H2,1H3. The predicted octanol–water partition coefficient (Wildman–Crippen LogP) is 1.42. The van der Waals surface area contributed by atoms with Crippen molar-refractivity contribution in [2.24, 2.45) is 5.73 Å². The number of aliphatic hydroxyl groups is 1. The van der Waals surface area contributed by atoms with Gasteiger partial charge < -0.3 is 20.7 Å². The highest BCUT2D eigenvalue weighted by molar-refractivity contribution is 9.10. The molecule has 0 amide bonds. The lowest BCUT2D eigenvalue weighted by atomic mass is 10.1. The average molecular weight is 290 g/mol. The lowest BCUT2D eigenvalue weighted by Crippen LogP contribution is -2.26. The Bertz CT molecular complexity index is 357. The molecule has 0 aromatic heterocycles. The summed E-state index contributed by atoms with van der Waals surface area (Å²) in [5.74, 6) is 0.514. The van der Waals surface area contributed by atoms with E-state index in [1.54, 1.807) is 12.1 Å². The second kappa shape index (κ2) is 6.08. The van der Waals surface area contributed by atoms with Crippen molar-refractivity contribution in [1.82, 2.24) is 0 Å². The van der Waals surface area contributed by atoms with Crippen molar-refractivity contribution in [3.8, 4) is 11.5 Å². The molecule has 0 aliphatic carbocycles. The van der Waals surface area contributed by atoms with Crippen molar-refractivity contribution in [3.05, 3.63) is 22.2 Å². The van der Waals surface area contributed by atoms with E-state index < -0.39 is 0 Å². The van der Waals surface area contributed by atoms with Crippen molar-refractivity contribution in [1.29, 1.82) is 0 Å². The van der Waals surface area contributed by atoms with E-state index >= 15 is 0 Å². The van der Waals surface area contributed by atoms with Crippen molar-refractivity contribution in [2.75, 3.05) is 13.2 Å². The molecule has 5 heteroatoms. The summed E-state index contributed by atoms with van der Waals surface area (Å²) in [6.45, 7) is 2.26. The first-order valence-corrected chi connectivity index (χ1v) is 5.88. The molecule has 0 heterocycles. The molecule has 90 valence electrons. The molecular weight excluding hydrogens is 274 g/mol. The van der Waals surface area contributed by atoms with Crippen LogP contribution in [-0.2, 0) is 6.42 Å². The molecule has 0 aliphatic heterocycles. The van der Waals surface area contributed by atoms with Crippen LogP contribution in [0.15, 0.2) is 16.6 Å². The summed E-state index contributed by atoms with van der Waals surface area (Å²) < 4.78 is 5.86. The molecule has 16 heavy (non-hydrogen) atoms. The third-order valence-corrected chi connectivity index (χ3v) is 2.72. The van der Waals surface area contributed by atoms with Gasteiger partial charge in [-0.3, -0.25) is 0 Å². The van der Waals surface area contributed by atoms with Crippen LogP contribution in [0.5, 0.6) is 11.5 Å². The van der Waals surface area contributed by atoms with Crippen molar-refractivity contribution >= 4 is 15.9 Å². The number of hydrogen-bond donors (Lipinski definition) is 3. The van der Waals surface area contributed by atoms with Crippen LogP contribution in [0.25, 0.3) is 0 Å². The van der Waals surface area contributed by atoms with E-state index in [4.69, 9.17) is 15.6 Å². The summed E-state index contributed by atoms with van der Waals surface area (Å²) in [5.41, 5.74) is 6.56. The number of aliphatic hydroxyl groups excluding tert-OH is 1. The van der Waals surface area contributed by atoms with Crippen LogP contribution >= 0.6 is 15.9 Å². The molecule has 0 spiro atoms. The third-order valence-electron chi connectivity index (χ3n) is 2.12. The molecule has 0 fully saturated rings. The van der Waals surface area contributed by atoms with Gasteiger partial charge in [-0.1, -0.05) is 0 Å². The minimum absolute atomic E-state index is 0.0670. The molecule has 1 rings (SSSR count). The largest absolute Gasteiger partial charge is 0.503 e. The van der Waals surface area contributed by atoms with E-state index in [0.717, 1.165) is 5.56 Å². The number of nitrogens with two attached hydrogens (primary N) is 1. The van der Waals surface area contributed by atoms with Gasteiger partial charge in [-0.2, -0.15) is 0 Å². The number of aromatic hydroxyl groups is 1. The van der Waals surface area contributed by atoms with Crippen molar-refractivity contribution in [3.63, 3.8) is 0 Å². The lowest BCUT2D eigenvalue weighted by Gasteiger charge is -2.12. The first-order valence-electron chi connectivity index (χ1n) is 5.09. The third kappa shape index (κ3) is 3.37. The molecule has 0 radical (unpaired) electrons. The molecule has 4 nitrogen and oxygen atoms in total. The van der Waals surface area contributed by atoms with Gasteiger partial charge in [0.05, 0.1) is 17.7 Å². The normalized spacial score (nSPS) is 12.5. The molecule has 1 aromatic rings. The topological polar surface area (TPSA) is 75.7 Å².